The lowest BCUT2D eigenvalue weighted by molar-refractivity contribution is 0.0527. The van der Waals surface area contributed by atoms with Gasteiger partial charge in [-0.2, -0.15) is 0 Å². The molecule has 0 spiro atoms. The normalized spacial score (nSPS) is 14.3. The van der Waals surface area contributed by atoms with Crippen molar-refractivity contribution in [1.82, 2.24) is 35.1 Å². The number of nitrogens with zero attached hydrogens (tertiary/aromatic N) is 3. The summed E-state index contributed by atoms with van der Waals surface area (Å²) < 4.78 is 9.59. The van der Waals surface area contributed by atoms with Gasteiger partial charge in [0.25, 0.3) is 5.91 Å². The molecule has 0 fully saturated rings. The minimum absolute atomic E-state index is 0.133. The fourth-order valence-corrected chi connectivity index (χ4v) is 6.89. The Morgan fingerprint density at radius 3 is 2.68 bits per heavy atom. The SMILES string of the molecule is Cn1cnc(Cn2cc(CCCNC(=O)OC(C)(C)C)c3ccc(CNCc4[nH]c5ccccc5c4C4NC(=O)c5ccc(O)cc54)cc32)c1. The van der Waals surface area contributed by atoms with Crippen LogP contribution >= 0.6 is 0 Å². The van der Waals surface area contributed by atoms with Crippen molar-refractivity contribution in [3.8, 4) is 5.75 Å². The highest BCUT2D eigenvalue weighted by molar-refractivity contribution is 6.01. The molecule has 1 unspecified atom stereocenters. The number of hydrogen-bond donors (Lipinski definition) is 5. The summed E-state index contributed by atoms with van der Waals surface area (Å²) in [5.41, 5.74) is 8.25. The molecule has 3 aromatic heterocycles. The minimum atomic E-state index is -0.530. The van der Waals surface area contributed by atoms with Crippen LogP contribution in [0.1, 0.15) is 77.2 Å². The van der Waals surface area contributed by atoms with Crippen LogP contribution in [0.3, 0.4) is 0 Å². The molecule has 7 rings (SSSR count). The van der Waals surface area contributed by atoms with E-state index in [4.69, 9.17) is 4.74 Å². The van der Waals surface area contributed by atoms with Crippen LogP contribution in [0.5, 0.6) is 5.75 Å². The number of ether oxygens (including phenoxy) is 1. The van der Waals surface area contributed by atoms with E-state index in [0.717, 1.165) is 57.3 Å². The first kappa shape index (κ1) is 33.0. The van der Waals surface area contributed by atoms with Crippen molar-refractivity contribution < 1.29 is 19.4 Å². The number of aromatic amines is 1. The minimum Gasteiger partial charge on any atom is -0.508 e. The second-order valence-electron chi connectivity index (χ2n) is 14.0. The Balaban J connectivity index is 1.10. The zero-order chi connectivity index (χ0) is 35.0. The first-order valence-electron chi connectivity index (χ1n) is 17.0. The van der Waals surface area contributed by atoms with Crippen LogP contribution in [-0.2, 0) is 37.8 Å². The van der Waals surface area contributed by atoms with Gasteiger partial charge in [0, 0.05) is 77.7 Å². The van der Waals surface area contributed by atoms with E-state index in [1.54, 1.807) is 18.2 Å². The Bertz CT molecular complexity index is 2200. The monoisotopic (exact) mass is 673 g/mol. The molecule has 1 atom stereocenters. The van der Waals surface area contributed by atoms with Gasteiger partial charge in [0.1, 0.15) is 11.4 Å². The van der Waals surface area contributed by atoms with Gasteiger partial charge < -0.3 is 39.9 Å². The van der Waals surface area contributed by atoms with Crippen LogP contribution in [0.4, 0.5) is 4.79 Å². The zero-order valence-electron chi connectivity index (χ0n) is 28.8. The smallest absolute Gasteiger partial charge is 0.407 e. The number of hydrogen-bond acceptors (Lipinski definition) is 6. The number of phenols is 1. The molecule has 3 aromatic carbocycles. The van der Waals surface area contributed by atoms with E-state index in [1.165, 1.54) is 10.9 Å². The van der Waals surface area contributed by atoms with Gasteiger partial charge in [-0.15, -0.1) is 0 Å². The number of para-hydroxylation sites is 1. The number of aryl methyl sites for hydroxylation is 2. The van der Waals surface area contributed by atoms with Crippen molar-refractivity contribution in [2.75, 3.05) is 6.54 Å². The highest BCUT2D eigenvalue weighted by Crippen LogP contribution is 2.38. The van der Waals surface area contributed by atoms with Crippen LogP contribution in [-0.4, -0.2) is 48.4 Å². The van der Waals surface area contributed by atoms with Crippen LogP contribution in [0, 0.1) is 0 Å². The lowest BCUT2D eigenvalue weighted by Crippen LogP contribution is -2.33. The Labute approximate surface area is 290 Å². The van der Waals surface area contributed by atoms with Gasteiger partial charge >= 0.3 is 6.09 Å². The number of alkyl carbamates (subject to hydrolysis) is 1. The maximum Gasteiger partial charge on any atom is 0.407 e. The van der Waals surface area contributed by atoms with Gasteiger partial charge in [-0.25, -0.2) is 9.78 Å². The number of carbonyl (C=O) groups is 2. The molecule has 0 bridgehead atoms. The van der Waals surface area contributed by atoms with Crippen molar-refractivity contribution >= 4 is 33.8 Å². The molecule has 11 nitrogen and oxygen atoms in total. The largest absolute Gasteiger partial charge is 0.508 e. The van der Waals surface area contributed by atoms with Crippen LogP contribution < -0.4 is 16.0 Å². The van der Waals surface area contributed by atoms with E-state index in [1.807, 2.05) is 63.1 Å². The molecule has 258 valence electrons. The number of phenolic OH excluding ortho intramolecular Hbond substituents is 1. The molecular formula is C39H43N7O4. The van der Waals surface area contributed by atoms with Gasteiger partial charge in [0.2, 0.25) is 0 Å². The number of amides is 2. The van der Waals surface area contributed by atoms with Crippen molar-refractivity contribution in [1.29, 1.82) is 0 Å². The second kappa shape index (κ2) is 13.4. The average molecular weight is 674 g/mol. The lowest BCUT2D eigenvalue weighted by atomic mass is 9.95. The molecule has 0 saturated carbocycles. The number of aromatic nitrogens is 4. The first-order valence-corrected chi connectivity index (χ1v) is 17.0. The molecule has 1 aliphatic heterocycles. The summed E-state index contributed by atoms with van der Waals surface area (Å²) in [4.78, 5) is 33.2. The van der Waals surface area contributed by atoms with Crippen LogP contribution in [0.2, 0.25) is 0 Å². The molecule has 6 aromatic rings. The van der Waals surface area contributed by atoms with Crippen molar-refractivity contribution in [3.05, 3.63) is 119 Å². The van der Waals surface area contributed by atoms with Gasteiger partial charge in [-0.05, 0) is 80.6 Å². The van der Waals surface area contributed by atoms with Gasteiger partial charge in [-0.3, -0.25) is 4.79 Å². The quantitative estimate of drug-likeness (QED) is 0.104. The Hall–Kier alpha value is -5.55. The number of benzene rings is 3. The van der Waals surface area contributed by atoms with Crippen LogP contribution in [0.25, 0.3) is 21.8 Å². The second-order valence-corrected chi connectivity index (χ2v) is 14.0. The summed E-state index contributed by atoms with van der Waals surface area (Å²) in [6.45, 7) is 7.92. The van der Waals surface area contributed by atoms with Crippen LogP contribution in [0.15, 0.2) is 79.4 Å². The Kier molecular flexibility index (Phi) is 8.83. The Morgan fingerprint density at radius 2 is 1.88 bits per heavy atom. The number of carbonyl (C=O) groups excluding carboxylic acids is 2. The third-order valence-electron chi connectivity index (χ3n) is 9.02. The summed E-state index contributed by atoms with van der Waals surface area (Å²) in [6, 6.07) is 19.2. The van der Waals surface area contributed by atoms with E-state index in [0.29, 0.717) is 31.7 Å². The molecule has 1 aliphatic rings. The summed E-state index contributed by atoms with van der Waals surface area (Å²) in [7, 11) is 1.97. The molecule has 0 saturated heterocycles. The summed E-state index contributed by atoms with van der Waals surface area (Å²) >= 11 is 0. The molecular weight excluding hydrogens is 630 g/mol. The fourth-order valence-electron chi connectivity index (χ4n) is 6.89. The molecule has 50 heavy (non-hydrogen) atoms. The van der Waals surface area contributed by atoms with Gasteiger partial charge in [0.15, 0.2) is 0 Å². The highest BCUT2D eigenvalue weighted by atomic mass is 16.6. The number of nitrogens with one attached hydrogen (secondary N) is 4. The number of H-pyrrole nitrogens is 1. The maximum atomic E-state index is 12.9. The molecule has 11 heteroatoms. The summed E-state index contributed by atoms with van der Waals surface area (Å²) in [5, 5.41) is 22.1. The van der Waals surface area contributed by atoms with E-state index in [2.05, 4.69) is 60.9 Å². The average Bonchev–Trinajstić information content (AvgIpc) is 3.82. The number of aromatic hydroxyl groups is 1. The van der Waals surface area contributed by atoms with Gasteiger partial charge in [0.05, 0.1) is 24.6 Å². The van der Waals surface area contributed by atoms with E-state index >= 15 is 0 Å². The number of rotatable bonds is 11. The zero-order valence-corrected chi connectivity index (χ0v) is 28.8. The van der Waals surface area contributed by atoms with Gasteiger partial charge in [-0.1, -0.05) is 30.3 Å². The summed E-state index contributed by atoms with van der Waals surface area (Å²) in [6.07, 6.45) is 7.24. The molecule has 0 radical (unpaired) electrons. The van der Waals surface area contributed by atoms with Crippen molar-refractivity contribution in [2.24, 2.45) is 7.05 Å². The van der Waals surface area contributed by atoms with E-state index in [-0.39, 0.29) is 17.7 Å². The number of fused-ring (bicyclic) bond motifs is 3. The predicted octanol–water partition coefficient (Wildman–Crippen LogP) is 6.19. The topological polar surface area (TPSA) is 138 Å². The molecule has 5 N–H and O–H groups in total. The van der Waals surface area contributed by atoms with E-state index < -0.39 is 11.7 Å². The first-order chi connectivity index (χ1) is 24.0. The lowest BCUT2D eigenvalue weighted by Gasteiger charge is -2.19. The Morgan fingerprint density at radius 1 is 1.04 bits per heavy atom. The molecule has 4 heterocycles. The maximum absolute atomic E-state index is 12.9. The molecule has 0 aliphatic carbocycles. The van der Waals surface area contributed by atoms with Crippen molar-refractivity contribution in [2.45, 2.75) is 64.9 Å². The fraction of sp³-hybridized carbons (Fsp3) is 0.308. The third kappa shape index (κ3) is 6.95. The van der Waals surface area contributed by atoms with E-state index in [9.17, 15) is 14.7 Å². The highest BCUT2D eigenvalue weighted by Gasteiger charge is 2.33. The molecule has 2 amide bonds. The predicted molar refractivity (Wildman–Crippen MR) is 193 cm³/mol. The van der Waals surface area contributed by atoms with Crippen molar-refractivity contribution in [3.63, 3.8) is 0 Å². The standard InChI is InChI=1S/C39H43N7O4/c1-39(2,3)50-38(49)41-15-7-8-25-20-46(22-26-21-45(4)23-42-26)34-16-24(11-13-28(25)34)18-40-19-33-35(30-9-5-6-10-32(30)43-33)36-31-17-27(47)12-14-29(31)37(48)44-36/h5-6,9-14,16-17,20-21,23,36,40,43,47H,7-8,15,18-19,22H2,1-4H3,(H,41,49)(H,44,48). The summed E-state index contributed by atoms with van der Waals surface area (Å²) in [5.74, 6) is -0.0107. The number of imidazole rings is 1. The third-order valence-corrected chi connectivity index (χ3v) is 9.02.